The van der Waals surface area contributed by atoms with E-state index >= 15 is 0 Å². The Balaban J connectivity index is 1.18. The van der Waals surface area contributed by atoms with E-state index in [1.165, 1.54) is 6.08 Å². The smallest absolute Gasteiger partial charge is 0.324 e. The first-order valence-electron chi connectivity index (χ1n) is 14.5. The Kier molecular flexibility index (Phi) is 9.05. The van der Waals surface area contributed by atoms with E-state index in [9.17, 15) is 14.4 Å². The molecule has 0 spiro atoms. The van der Waals surface area contributed by atoms with E-state index in [-0.39, 0.29) is 17.1 Å². The van der Waals surface area contributed by atoms with E-state index in [0.29, 0.717) is 54.1 Å². The zero-order chi connectivity index (χ0) is 32.1. The van der Waals surface area contributed by atoms with Gasteiger partial charge in [-0.05, 0) is 62.6 Å². The average molecular weight is 612 g/mol. The van der Waals surface area contributed by atoms with Crippen molar-refractivity contribution in [2.75, 3.05) is 44.4 Å². The molecule has 234 valence electrons. The Hall–Kier alpha value is -5.36. The molecule has 5 aromatic rings. The van der Waals surface area contributed by atoms with Gasteiger partial charge in [0.05, 0.1) is 17.9 Å². The molecular formula is C33H37N7O5. The molecule has 0 aliphatic heterocycles. The molecule has 0 atom stereocenters. The number of carbonyl (C=O) groups excluding carboxylic acids is 3. The van der Waals surface area contributed by atoms with Gasteiger partial charge in [0.1, 0.15) is 18.1 Å². The van der Waals surface area contributed by atoms with Gasteiger partial charge in [-0.2, -0.15) is 0 Å². The lowest BCUT2D eigenvalue weighted by molar-refractivity contribution is -0.116. The molecule has 12 heteroatoms. The molecule has 3 heterocycles. The molecule has 3 amide bonds. The second-order valence-corrected chi connectivity index (χ2v) is 12.0. The van der Waals surface area contributed by atoms with Crippen molar-refractivity contribution in [1.82, 2.24) is 25.3 Å². The predicted molar refractivity (Wildman–Crippen MR) is 174 cm³/mol. The van der Waals surface area contributed by atoms with Crippen LogP contribution in [0.2, 0.25) is 0 Å². The van der Waals surface area contributed by atoms with E-state index in [1.807, 2.05) is 58.0 Å². The van der Waals surface area contributed by atoms with E-state index in [2.05, 4.69) is 31.1 Å². The molecule has 45 heavy (non-hydrogen) atoms. The number of rotatable bonds is 11. The summed E-state index contributed by atoms with van der Waals surface area (Å²) in [6.45, 7) is 7.34. The van der Waals surface area contributed by atoms with Gasteiger partial charge in [-0.3, -0.25) is 14.9 Å². The number of hydrogen-bond donors (Lipinski definition) is 5. The van der Waals surface area contributed by atoms with Crippen molar-refractivity contribution in [2.24, 2.45) is 0 Å². The fourth-order valence-electron chi connectivity index (χ4n) is 4.54. The third-order valence-electron chi connectivity index (χ3n) is 6.86. The maximum atomic E-state index is 13.4. The van der Waals surface area contributed by atoms with Gasteiger partial charge in [-0.15, -0.1) is 0 Å². The number of aromatic nitrogens is 3. The summed E-state index contributed by atoms with van der Waals surface area (Å²) in [4.78, 5) is 46.1. The van der Waals surface area contributed by atoms with Crippen LogP contribution in [0.3, 0.4) is 0 Å². The molecule has 0 radical (unpaired) electrons. The quantitative estimate of drug-likeness (QED) is 0.0758. The first-order chi connectivity index (χ1) is 21.4. The van der Waals surface area contributed by atoms with Crippen LogP contribution in [0.25, 0.3) is 21.8 Å². The van der Waals surface area contributed by atoms with E-state index in [0.717, 1.165) is 21.8 Å². The lowest BCUT2D eigenvalue weighted by Gasteiger charge is -2.12. The van der Waals surface area contributed by atoms with Crippen molar-refractivity contribution in [3.63, 3.8) is 0 Å². The molecule has 0 saturated heterocycles. The van der Waals surface area contributed by atoms with Crippen LogP contribution >= 0.6 is 0 Å². The second-order valence-electron chi connectivity index (χ2n) is 12.0. The highest BCUT2D eigenvalue weighted by Gasteiger charge is 2.20. The molecule has 0 fully saturated rings. The maximum Gasteiger partial charge on any atom is 0.324 e. The predicted octanol–water partition coefficient (Wildman–Crippen LogP) is 5.42. The number of amides is 3. The Morgan fingerprint density at radius 2 is 1.62 bits per heavy atom. The van der Waals surface area contributed by atoms with Crippen LogP contribution in [-0.4, -0.2) is 71.5 Å². The molecule has 0 saturated carbocycles. The zero-order valence-corrected chi connectivity index (χ0v) is 25.9. The number of anilines is 2. The van der Waals surface area contributed by atoms with E-state index in [4.69, 9.17) is 9.26 Å². The number of fused-ring (bicyclic) bond motifs is 2. The number of ketones is 1. The molecule has 0 aliphatic carbocycles. The fourth-order valence-corrected chi connectivity index (χ4v) is 4.54. The SMILES string of the molecule is CN(C)C/C=C/C(=O)NCCOc1ccc2[nH]c(C(=O)c3cc4cc(NC(=O)Nc5cc(C(C)(C)C)on5)ccc4[nH]3)cc2c1. The van der Waals surface area contributed by atoms with Crippen molar-refractivity contribution in [2.45, 2.75) is 26.2 Å². The standard InChI is InChI=1S/C33H37N7O5/c1-33(2,3)28-19-29(39-45-28)38-32(43)35-22-8-10-24-20(15-22)17-26(36-24)31(42)27-18-21-16-23(9-11-25(21)37-27)44-14-12-34-30(41)7-6-13-40(4)5/h6-11,15-19,36-37H,12-14H2,1-5H3,(H,34,41)(H2,35,38,39,43)/b7-6+. The zero-order valence-electron chi connectivity index (χ0n) is 25.9. The van der Waals surface area contributed by atoms with E-state index < -0.39 is 6.03 Å². The number of hydrogen-bond acceptors (Lipinski definition) is 7. The summed E-state index contributed by atoms with van der Waals surface area (Å²) in [6, 6.07) is 15.6. The van der Waals surface area contributed by atoms with Gasteiger partial charge in [0.2, 0.25) is 11.7 Å². The number of nitrogens with one attached hydrogen (secondary N) is 5. The minimum atomic E-state index is -0.464. The molecule has 0 aliphatic rings. The topological polar surface area (TPSA) is 157 Å². The number of likely N-dealkylation sites (N-methyl/N-ethyl adjacent to an activating group) is 1. The molecular weight excluding hydrogens is 574 g/mol. The van der Waals surface area contributed by atoms with Crippen LogP contribution in [-0.2, 0) is 10.2 Å². The van der Waals surface area contributed by atoms with E-state index in [1.54, 1.807) is 42.5 Å². The number of carbonyl (C=O) groups is 3. The number of nitrogens with zero attached hydrogens (tertiary/aromatic N) is 2. The van der Waals surface area contributed by atoms with Gasteiger partial charge in [0, 0.05) is 51.6 Å². The van der Waals surface area contributed by atoms with Crippen molar-refractivity contribution in [3.05, 3.63) is 83.9 Å². The summed E-state index contributed by atoms with van der Waals surface area (Å²) in [5, 5.41) is 13.7. The van der Waals surface area contributed by atoms with Gasteiger partial charge in [0.25, 0.3) is 0 Å². The average Bonchev–Trinajstić information content (AvgIpc) is 3.72. The van der Waals surface area contributed by atoms with Crippen molar-refractivity contribution < 1.29 is 23.6 Å². The van der Waals surface area contributed by atoms with Gasteiger partial charge in [-0.1, -0.05) is 32.0 Å². The normalized spacial score (nSPS) is 11.9. The first-order valence-corrected chi connectivity index (χ1v) is 14.5. The Morgan fingerprint density at radius 1 is 0.933 bits per heavy atom. The van der Waals surface area contributed by atoms with Crippen molar-refractivity contribution in [3.8, 4) is 5.75 Å². The van der Waals surface area contributed by atoms with Gasteiger partial charge in [-0.25, -0.2) is 4.79 Å². The van der Waals surface area contributed by atoms with Crippen LogP contribution in [0.4, 0.5) is 16.3 Å². The molecule has 5 rings (SSSR count). The van der Waals surface area contributed by atoms with Crippen molar-refractivity contribution in [1.29, 1.82) is 0 Å². The number of H-pyrrole nitrogens is 2. The summed E-state index contributed by atoms with van der Waals surface area (Å²) in [5.74, 6) is 1.23. The fraction of sp³-hybridized carbons (Fsp3) is 0.273. The van der Waals surface area contributed by atoms with Crippen LogP contribution in [0.1, 0.15) is 42.7 Å². The molecule has 12 nitrogen and oxygen atoms in total. The van der Waals surface area contributed by atoms with Crippen LogP contribution in [0.5, 0.6) is 5.75 Å². The summed E-state index contributed by atoms with van der Waals surface area (Å²) < 4.78 is 11.1. The largest absolute Gasteiger partial charge is 0.492 e. The van der Waals surface area contributed by atoms with Crippen LogP contribution in [0, 0.1) is 0 Å². The lowest BCUT2D eigenvalue weighted by Crippen LogP contribution is -2.26. The van der Waals surface area contributed by atoms with Gasteiger partial charge >= 0.3 is 6.03 Å². The number of urea groups is 1. The first kappa shape index (κ1) is 31.1. The molecule has 0 bridgehead atoms. The third-order valence-corrected chi connectivity index (χ3v) is 6.86. The Labute approximate surface area is 260 Å². The highest BCUT2D eigenvalue weighted by molar-refractivity contribution is 6.11. The van der Waals surface area contributed by atoms with Crippen molar-refractivity contribution >= 4 is 51.0 Å². The third kappa shape index (κ3) is 7.98. The second kappa shape index (κ2) is 13.1. The van der Waals surface area contributed by atoms with Crippen LogP contribution < -0.4 is 20.7 Å². The Bertz CT molecular complexity index is 1870. The Morgan fingerprint density at radius 3 is 2.29 bits per heavy atom. The molecule has 0 unspecified atom stereocenters. The number of aromatic amines is 2. The highest BCUT2D eigenvalue weighted by atomic mass is 16.5. The van der Waals surface area contributed by atoms with Gasteiger partial charge in [0.15, 0.2) is 5.82 Å². The minimum Gasteiger partial charge on any atom is -0.492 e. The lowest BCUT2D eigenvalue weighted by atomic mass is 9.93. The highest BCUT2D eigenvalue weighted by Crippen LogP contribution is 2.26. The molecule has 2 aromatic carbocycles. The van der Waals surface area contributed by atoms with Gasteiger partial charge < -0.3 is 34.8 Å². The summed E-state index contributed by atoms with van der Waals surface area (Å²) >= 11 is 0. The maximum absolute atomic E-state index is 13.4. The summed E-state index contributed by atoms with van der Waals surface area (Å²) in [5.41, 5.74) is 2.69. The summed E-state index contributed by atoms with van der Waals surface area (Å²) in [7, 11) is 3.86. The molecule has 5 N–H and O–H groups in total. The minimum absolute atomic E-state index is 0.169. The van der Waals surface area contributed by atoms with Crippen LogP contribution in [0.15, 0.2) is 71.3 Å². The monoisotopic (exact) mass is 611 g/mol. The number of benzene rings is 2. The number of ether oxygens (including phenoxy) is 1. The molecule has 3 aromatic heterocycles. The summed E-state index contributed by atoms with van der Waals surface area (Å²) in [6.07, 6.45) is 3.31.